The van der Waals surface area contributed by atoms with Crippen LogP contribution < -0.4 is 21.6 Å². The maximum absolute atomic E-state index is 13.8. The standard InChI is InChI=1S/C27H21BrCl3FN8/c1-13(2)40-12-23(38-39-40)26(19-5-15(28)11-35-27(19)31)37-17-6-18-24(36-16-3-4-22(32)20(29)7-16)14(9-33)10-34-25(18)21(30)8-17/h3-8,10-13,26,37-39H,1-2H3,(H,34,36)/t26-/m0/s1. The van der Waals surface area contributed by atoms with Crippen molar-refractivity contribution < 1.29 is 4.39 Å². The zero-order valence-corrected chi connectivity index (χ0v) is 24.9. The average molecular weight is 663 g/mol. The van der Waals surface area contributed by atoms with E-state index in [4.69, 9.17) is 34.8 Å². The van der Waals surface area contributed by atoms with Crippen LogP contribution in [-0.4, -0.2) is 21.0 Å². The number of rotatable bonds is 7. The highest BCUT2D eigenvalue weighted by Gasteiger charge is 2.26. The number of fused-ring (bicyclic) bond motifs is 1. The van der Waals surface area contributed by atoms with Crippen LogP contribution in [0.4, 0.5) is 21.5 Å². The fourth-order valence-electron chi connectivity index (χ4n) is 4.18. The molecule has 0 radical (unpaired) electrons. The summed E-state index contributed by atoms with van der Waals surface area (Å²) in [6, 6.07) is 11.5. The highest BCUT2D eigenvalue weighted by Crippen LogP contribution is 2.38. The van der Waals surface area contributed by atoms with Gasteiger partial charge in [0.05, 0.1) is 38.6 Å². The minimum absolute atomic E-state index is 0.0500. The molecule has 8 nitrogen and oxygen atoms in total. The number of anilines is 3. The SMILES string of the molecule is CC(C)N1C=C([C@@H](Nc2cc(Cl)c3ncc(C#N)c(Nc4ccc(F)c(Cl)c4)c3c2)c2cc(Br)cnc2Cl)NN1. The second-order valence-electron chi connectivity index (χ2n) is 9.20. The van der Waals surface area contributed by atoms with E-state index in [1.165, 1.54) is 24.4 Å². The molecule has 204 valence electrons. The maximum atomic E-state index is 13.8. The molecule has 3 heterocycles. The summed E-state index contributed by atoms with van der Waals surface area (Å²) in [6.07, 6.45) is 5.01. The summed E-state index contributed by atoms with van der Waals surface area (Å²) in [5.74, 6) is -0.547. The first kappa shape index (κ1) is 28.2. The molecule has 0 unspecified atom stereocenters. The van der Waals surface area contributed by atoms with E-state index in [2.05, 4.69) is 67.4 Å². The van der Waals surface area contributed by atoms with Crippen LogP contribution in [0.25, 0.3) is 10.9 Å². The Morgan fingerprint density at radius 3 is 2.52 bits per heavy atom. The number of aromatic nitrogens is 2. The normalized spacial score (nSPS) is 13.7. The summed E-state index contributed by atoms with van der Waals surface area (Å²) in [6.45, 7) is 4.10. The van der Waals surface area contributed by atoms with Gasteiger partial charge < -0.3 is 16.1 Å². The van der Waals surface area contributed by atoms with Crippen molar-refractivity contribution in [3.05, 3.63) is 97.3 Å². The lowest BCUT2D eigenvalue weighted by molar-refractivity contribution is 0.221. The molecule has 0 bridgehead atoms. The highest BCUT2D eigenvalue weighted by molar-refractivity contribution is 9.10. The summed E-state index contributed by atoms with van der Waals surface area (Å²) in [5, 5.41) is 19.7. The predicted molar refractivity (Wildman–Crippen MR) is 161 cm³/mol. The van der Waals surface area contributed by atoms with Crippen molar-refractivity contribution in [1.29, 1.82) is 5.26 Å². The summed E-state index contributed by atoms with van der Waals surface area (Å²) < 4.78 is 14.5. The number of hydrogen-bond donors (Lipinski definition) is 4. The zero-order valence-electron chi connectivity index (χ0n) is 21.0. The molecule has 5 rings (SSSR count). The minimum atomic E-state index is -0.547. The fraction of sp³-hybridized carbons (Fsp3) is 0.148. The molecule has 0 fully saturated rings. The third kappa shape index (κ3) is 5.75. The van der Waals surface area contributed by atoms with Crippen LogP contribution in [0.2, 0.25) is 15.2 Å². The number of halogens is 5. The lowest BCUT2D eigenvalue weighted by Gasteiger charge is -2.23. The smallest absolute Gasteiger partial charge is 0.141 e. The van der Waals surface area contributed by atoms with Gasteiger partial charge >= 0.3 is 0 Å². The van der Waals surface area contributed by atoms with Crippen molar-refractivity contribution in [3.63, 3.8) is 0 Å². The van der Waals surface area contributed by atoms with Gasteiger partial charge in [0, 0.05) is 51.4 Å². The van der Waals surface area contributed by atoms with E-state index < -0.39 is 11.9 Å². The quantitative estimate of drug-likeness (QED) is 0.149. The van der Waals surface area contributed by atoms with Crippen LogP contribution in [0, 0.1) is 17.1 Å². The Hall–Kier alpha value is -3.33. The van der Waals surface area contributed by atoms with Gasteiger partial charge in [0.15, 0.2) is 0 Å². The molecule has 1 aliphatic rings. The van der Waals surface area contributed by atoms with Crippen LogP contribution in [0.5, 0.6) is 0 Å². The van der Waals surface area contributed by atoms with Crippen LogP contribution in [0.15, 0.2) is 65.2 Å². The summed E-state index contributed by atoms with van der Waals surface area (Å²) >= 11 is 22.7. The second kappa shape index (κ2) is 11.6. The number of pyridine rings is 2. The molecule has 0 spiro atoms. The van der Waals surface area contributed by atoms with Crippen LogP contribution >= 0.6 is 50.7 Å². The molecule has 0 saturated heterocycles. The Bertz CT molecular complexity index is 1690. The van der Waals surface area contributed by atoms with Gasteiger partial charge in [-0.25, -0.2) is 9.37 Å². The van der Waals surface area contributed by atoms with Crippen molar-refractivity contribution in [1.82, 2.24) is 25.9 Å². The van der Waals surface area contributed by atoms with E-state index in [0.717, 1.165) is 10.2 Å². The number of nitrogens with zero attached hydrogens (tertiary/aromatic N) is 4. The van der Waals surface area contributed by atoms with Crippen molar-refractivity contribution >= 4 is 78.7 Å². The topological polar surface area (TPSA) is 101 Å². The maximum Gasteiger partial charge on any atom is 0.141 e. The van der Waals surface area contributed by atoms with Gasteiger partial charge in [-0.05, 0) is 66.2 Å². The minimum Gasteiger partial charge on any atom is -0.373 e. The molecule has 0 aliphatic carbocycles. The molecule has 4 N–H and O–H groups in total. The van der Waals surface area contributed by atoms with E-state index in [0.29, 0.717) is 43.7 Å². The summed E-state index contributed by atoms with van der Waals surface area (Å²) in [7, 11) is 0. The van der Waals surface area contributed by atoms with Crippen molar-refractivity contribution in [3.8, 4) is 6.07 Å². The Labute approximate surface area is 253 Å². The Morgan fingerprint density at radius 2 is 1.82 bits per heavy atom. The lowest BCUT2D eigenvalue weighted by atomic mass is 10.0. The number of nitrogens with one attached hydrogen (secondary N) is 4. The monoisotopic (exact) mass is 660 g/mol. The van der Waals surface area contributed by atoms with Gasteiger partial charge in [0.2, 0.25) is 0 Å². The Balaban J connectivity index is 1.62. The molecular formula is C27H21BrCl3FN8. The number of nitriles is 1. The molecule has 4 aromatic rings. The number of hydrazine groups is 2. The Kier molecular flexibility index (Phi) is 8.21. The summed E-state index contributed by atoms with van der Waals surface area (Å²) in [4.78, 5) is 8.71. The van der Waals surface area contributed by atoms with E-state index in [9.17, 15) is 9.65 Å². The average Bonchev–Trinajstić information content (AvgIpc) is 3.42. The molecule has 2 aromatic heterocycles. The first-order chi connectivity index (χ1) is 19.1. The molecule has 13 heteroatoms. The number of hydrogen-bond acceptors (Lipinski definition) is 8. The molecule has 0 saturated carbocycles. The number of benzene rings is 2. The van der Waals surface area contributed by atoms with Gasteiger partial charge in [-0.2, -0.15) is 5.26 Å². The van der Waals surface area contributed by atoms with Gasteiger partial charge in [-0.1, -0.05) is 34.8 Å². The van der Waals surface area contributed by atoms with Crippen LogP contribution in [0.1, 0.15) is 31.0 Å². The van der Waals surface area contributed by atoms with Gasteiger partial charge in [-0.3, -0.25) is 9.99 Å². The predicted octanol–water partition coefficient (Wildman–Crippen LogP) is 7.83. The molecule has 0 amide bonds. The zero-order chi connectivity index (χ0) is 28.6. The van der Waals surface area contributed by atoms with E-state index in [1.807, 2.05) is 23.3 Å². The molecule has 1 atom stereocenters. The second-order valence-corrected chi connectivity index (χ2v) is 11.3. The highest BCUT2D eigenvalue weighted by atomic mass is 79.9. The Morgan fingerprint density at radius 1 is 1.05 bits per heavy atom. The summed E-state index contributed by atoms with van der Waals surface area (Å²) in [5.41, 5.74) is 10.2. The van der Waals surface area contributed by atoms with E-state index in [1.54, 1.807) is 12.3 Å². The van der Waals surface area contributed by atoms with Crippen LogP contribution in [-0.2, 0) is 0 Å². The van der Waals surface area contributed by atoms with Crippen molar-refractivity contribution in [2.75, 3.05) is 10.6 Å². The molecular weight excluding hydrogens is 642 g/mol. The first-order valence-corrected chi connectivity index (χ1v) is 13.9. The largest absolute Gasteiger partial charge is 0.373 e. The lowest BCUT2D eigenvalue weighted by Crippen LogP contribution is -2.41. The van der Waals surface area contributed by atoms with Crippen molar-refractivity contribution in [2.45, 2.75) is 25.9 Å². The van der Waals surface area contributed by atoms with E-state index >= 15 is 0 Å². The van der Waals surface area contributed by atoms with E-state index in [-0.39, 0.29) is 16.6 Å². The molecule has 1 aliphatic heterocycles. The third-order valence-electron chi connectivity index (χ3n) is 6.16. The third-order valence-corrected chi connectivity index (χ3v) is 7.49. The molecule has 2 aromatic carbocycles. The fourth-order valence-corrected chi connectivity index (χ4v) is 5.19. The van der Waals surface area contributed by atoms with Gasteiger partial charge in [-0.15, -0.1) is 5.53 Å². The van der Waals surface area contributed by atoms with Gasteiger partial charge in [0.25, 0.3) is 0 Å². The van der Waals surface area contributed by atoms with Crippen molar-refractivity contribution in [2.24, 2.45) is 0 Å². The van der Waals surface area contributed by atoms with Crippen LogP contribution in [0.3, 0.4) is 0 Å². The first-order valence-electron chi connectivity index (χ1n) is 12.0. The molecule has 40 heavy (non-hydrogen) atoms. The van der Waals surface area contributed by atoms with Gasteiger partial charge in [0.1, 0.15) is 17.0 Å².